The molecule has 0 saturated heterocycles. The monoisotopic (exact) mass is 365 g/mol. The van der Waals surface area contributed by atoms with Crippen molar-refractivity contribution in [1.29, 1.82) is 0 Å². The number of unbranched alkanes of at least 4 members (excludes halogenated alkanes) is 3. The predicted molar refractivity (Wildman–Crippen MR) is 113 cm³/mol. The summed E-state index contributed by atoms with van der Waals surface area (Å²) < 4.78 is 5.91. The molecule has 0 bridgehead atoms. The molecular weight excluding hydrogens is 334 g/mol. The molecule has 0 radical (unpaired) electrons. The lowest BCUT2D eigenvalue weighted by molar-refractivity contribution is 0.0295. The maximum absolute atomic E-state index is 12.8. The van der Waals surface area contributed by atoms with Crippen LogP contribution in [0.15, 0.2) is 72.4 Å². The Morgan fingerprint density at radius 1 is 1.00 bits per heavy atom. The molecule has 144 valence electrons. The van der Waals surface area contributed by atoms with Crippen molar-refractivity contribution in [2.24, 2.45) is 0 Å². The van der Waals surface area contributed by atoms with E-state index in [4.69, 9.17) is 4.74 Å². The molecule has 0 heterocycles. The van der Waals surface area contributed by atoms with E-state index in [1.165, 1.54) is 19.3 Å². The molecule has 0 saturated carbocycles. The van der Waals surface area contributed by atoms with E-state index in [2.05, 4.69) is 19.2 Å². The first-order chi connectivity index (χ1) is 13.1. The SMILES string of the molecule is CCCCCCC(C)(OC)C(=CC(=O)c1ccccc1)Nc1ccccc1. The van der Waals surface area contributed by atoms with Crippen LogP contribution in [0.1, 0.15) is 56.3 Å². The summed E-state index contributed by atoms with van der Waals surface area (Å²) in [5.41, 5.74) is 1.87. The summed E-state index contributed by atoms with van der Waals surface area (Å²) in [6, 6.07) is 19.3. The van der Waals surface area contributed by atoms with E-state index in [1.807, 2.05) is 60.7 Å². The Bertz CT molecular complexity index is 725. The number of allylic oxidation sites excluding steroid dienone is 1. The van der Waals surface area contributed by atoms with Gasteiger partial charge in [0.05, 0.1) is 5.70 Å². The Balaban J connectivity index is 2.29. The molecule has 0 amide bonds. The number of ether oxygens (including phenoxy) is 1. The third-order valence-electron chi connectivity index (χ3n) is 4.91. The van der Waals surface area contributed by atoms with Gasteiger partial charge in [0.25, 0.3) is 0 Å². The highest BCUT2D eigenvalue weighted by atomic mass is 16.5. The number of rotatable bonds is 11. The van der Waals surface area contributed by atoms with Crippen LogP contribution in [0.2, 0.25) is 0 Å². The average Bonchev–Trinajstić information content (AvgIpc) is 2.72. The fourth-order valence-electron chi connectivity index (χ4n) is 3.05. The van der Waals surface area contributed by atoms with Gasteiger partial charge in [0.1, 0.15) is 5.60 Å². The van der Waals surface area contributed by atoms with Crippen LogP contribution >= 0.6 is 0 Å². The van der Waals surface area contributed by atoms with Crippen molar-refractivity contribution < 1.29 is 9.53 Å². The molecule has 1 unspecified atom stereocenters. The molecule has 0 spiro atoms. The van der Waals surface area contributed by atoms with Crippen LogP contribution in [-0.4, -0.2) is 18.5 Å². The molecule has 1 atom stereocenters. The zero-order valence-corrected chi connectivity index (χ0v) is 16.7. The zero-order chi connectivity index (χ0) is 19.5. The van der Waals surface area contributed by atoms with Gasteiger partial charge in [-0.3, -0.25) is 4.79 Å². The number of benzene rings is 2. The predicted octanol–water partition coefficient (Wildman–Crippen LogP) is 6.24. The molecule has 3 nitrogen and oxygen atoms in total. The van der Waals surface area contributed by atoms with Gasteiger partial charge >= 0.3 is 0 Å². The van der Waals surface area contributed by atoms with Gasteiger partial charge in [0.15, 0.2) is 5.78 Å². The maximum atomic E-state index is 12.8. The van der Waals surface area contributed by atoms with Crippen LogP contribution in [0.25, 0.3) is 0 Å². The molecule has 2 aromatic carbocycles. The Morgan fingerprint density at radius 3 is 2.22 bits per heavy atom. The second-order valence-corrected chi connectivity index (χ2v) is 7.02. The smallest absolute Gasteiger partial charge is 0.187 e. The molecule has 0 fully saturated rings. The summed E-state index contributed by atoms with van der Waals surface area (Å²) in [7, 11) is 1.72. The largest absolute Gasteiger partial charge is 0.372 e. The highest BCUT2D eigenvalue weighted by Gasteiger charge is 2.29. The fourth-order valence-corrected chi connectivity index (χ4v) is 3.05. The number of methoxy groups -OCH3 is 1. The summed E-state index contributed by atoms with van der Waals surface area (Å²) in [6.45, 7) is 4.26. The van der Waals surface area contributed by atoms with Crippen molar-refractivity contribution >= 4 is 11.5 Å². The molecule has 0 aliphatic heterocycles. The highest BCUT2D eigenvalue weighted by Crippen LogP contribution is 2.29. The summed E-state index contributed by atoms with van der Waals surface area (Å²) in [6.07, 6.45) is 7.18. The van der Waals surface area contributed by atoms with Crippen molar-refractivity contribution in [3.05, 3.63) is 78.0 Å². The first-order valence-corrected chi connectivity index (χ1v) is 9.78. The van der Waals surface area contributed by atoms with Crippen molar-refractivity contribution in [2.45, 2.75) is 51.6 Å². The first-order valence-electron chi connectivity index (χ1n) is 9.78. The second-order valence-electron chi connectivity index (χ2n) is 7.02. The fraction of sp³-hybridized carbons (Fsp3) is 0.375. The van der Waals surface area contributed by atoms with E-state index >= 15 is 0 Å². The highest BCUT2D eigenvalue weighted by molar-refractivity contribution is 6.05. The zero-order valence-electron chi connectivity index (χ0n) is 16.7. The molecule has 2 rings (SSSR count). The lowest BCUT2D eigenvalue weighted by Gasteiger charge is -2.32. The molecule has 2 aromatic rings. The van der Waals surface area contributed by atoms with Gasteiger partial charge in [-0.1, -0.05) is 81.1 Å². The average molecular weight is 366 g/mol. The van der Waals surface area contributed by atoms with Gasteiger partial charge in [-0.15, -0.1) is 0 Å². The molecular formula is C24H31NO2. The number of para-hydroxylation sites is 1. The standard InChI is InChI=1S/C24H31NO2/c1-4-5-6-13-18-24(2,27-3)23(25-21-16-11-8-12-17-21)19-22(26)20-14-9-7-10-15-20/h7-12,14-17,19,25H,4-6,13,18H2,1-3H3. The maximum Gasteiger partial charge on any atom is 0.187 e. The number of hydrogen-bond acceptors (Lipinski definition) is 3. The normalized spacial score (nSPS) is 13.8. The van der Waals surface area contributed by atoms with Gasteiger partial charge in [0, 0.05) is 24.4 Å². The third kappa shape index (κ3) is 6.37. The van der Waals surface area contributed by atoms with Gasteiger partial charge in [-0.25, -0.2) is 0 Å². The van der Waals surface area contributed by atoms with Crippen LogP contribution in [0.3, 0.4) is 0 Å². The van der Waals surface area contributed by atoms with Gasteiger partial charge in [-0.05, 0) is 25.5 Å². The molecule has 0 aliphatic carbocycles. The van der Waals surface area contributed by atoms with Crippen LogP contribution in [0, 0.1) is 0 Å². The number of ketones is 1. The topological polar surface area (TPSA) is 38.3 Å². The summed E-state index contributed by atoms with van der Waals surface area (Å²) >= 11 is 0. The lowest BCUT2D eigenvalue weighted by Crippen LogP contribution is -2.34. The molecule has 1 N–H and O–H groups in total. The molecule has 0 aliphatic rings. The molecule has 3 heteroatoms. The summed E-state index contributed by atoms with van der Waals surface area (Å²) in [5.74, 6) is -0.0223. The lowest BCUT2D eigenvalue weighted by atomic mass is 9.92. The van der Waals surface area contributed by atoms with Crippen molar-refractivity contribution in [3.8, 4) is 0 Å². The number of carbonyl (C=O) groups is 1. The van der Waals surface area contributed by atoms with E-state index in [9.17, 15) is 4.79 Å². The Morgan fingerprint density at radius 2 is 1.63 bits per heavy atom. The summed E-state index contributed by atoms with van der Waals surface area (Å²) in [5, 5.41) is 3.43. The van der Waals surface area contributed by atoms with Crippen molar-refractivity contribution in [2.75, 3.05) is 12.4 Å². The van der Waals surface area contributed by atoms with E-state index < -0.39 is 5.60 Å². The number of anilines is 1. The van der Waals surface area contributed by atoms with Crippen molar-refractivity contribution in [1.82, 2.24) is 0 Å². The van der Waals surface area contributed by atoms with Gasteiger partial charge < -0.3 is 10.1 Å². The first kappa shape index (κ1) is 20.9. The van der Waals surface area contributed by atoms with E-state index in [0.29, 0.717) is 5.56 Å². The number of nitrogens with one attached hydrogen (secondary N) is 1. The van der Waals surface area contributed by atoms with Crippen LogP contribution in [0.5, 0.6) is 0 Å². The van der Waals surface area contributed by atoms with E-state index in [0.717, 1.165) is 24.2 Å². The van der Waals surface area contributed by atoms with Crippen LogP contribution in [0.4, 0.5) is 5.69 Å². The van der Waals surface area contributed by atoms with Crippen LogP contribution in [-0.2, 0) is 4.74 Å². The van der Waals surface area contributed by atoms with Gasteiger partial charge in [0.2, 0.25) is 0 Å². The minimum absolute atomic E-state index is 0.0223. The third-order valence-corrected chi connectivity index (χ3v) is 4.91. The summed E-state index contributed by atoms with van der Waals surface area (Å²) in [4.78, 5) is 12.8. The van der Waals surface area contributed by atoms with Crippen molar-refractivity contribution in [3.63, 3.8) is 0 Å². The second kappa shape index (κ2) is 10.7. The Kier molecular flexibility index (Phi) is 8.28. The van der Waals surface area contributed by atoms with E-state index in [1.54, 1.807) is 13.2 Å². The minimum Gasteiger partial charge on any atom is -0.372 e. The number of carbonyl (C=O) groups excluding carboxylic acids is 1. The Hall–Kier alpha value is -2.39. The quantitative estimate of drug-likeness (QED) is 0.291. The molecule has 0 aromatic heterocycles. The van der Waals surface area contributed by atoms with Gasteiger partial charge in [-0.2, -0.15) is 0 Å². The minimum atomic E-state index is -0.548. The van der Waals surface area contributed by atoms with Crippen LogP contribution < -0.4 is 5.32 Å². The molecule has 27 heavy (non-hydrogen) atoms. The van der Waals surface area contributed by atoms with E-state index in [-0.39, 0.29) is 5.78 Å². The Labute approximate surface area is 163 Å². The number of hydrogen-bond donors (Lipinski definition) is 1.